The zero-order chi connectivity index (χ0) is 47.4. The minimum absolute atomic E-state index is 0.0428. The van der Waals surface area contributed by atoms with Crippen molar-refractivity contribution in [1.29, 1.82) is 0 Å². The van der Waals surface area contributed by atoms with Crippen molar-refractivity contribution < 1.29 is 37.6 Å². The van der Waals surface area contributed by atoms with Gasteiger partial charge in [0.15, 0.2) is 6.10 Å². The maximum atomic E-state index is 12.6. The zero-order valence-electron chi connectivity index (χ0n) is 40.9. The number of phosphoric acid groups is 1. The Bertz CT molecular complexity index is 1430. The van der Waals surface area contributed by atoms with E-state index < -0.39 is 32.5 Å². The third kappa shape index (κ3) is 49.9. The second-order valence-corrected chi connectivity index (χ2v) is 17.8. The largest absolute Gasteiger partial charge is 0.472 e. The number of allylic oxidation sites excluding steroid dienone is 18. The number of nitrogens with two attached hydrogens (primary N) is 1. The third-order valence-electron chi connectivity index (χ3n) is 10.2. The Morgan fingerprint density at radius 2 is 0.846 bits per heavy atom. The average molecular weight is 926 g/mol. The van der Waals surface area contributed by atoms with Crippen LogP contribution >= 0.6 is 7.82 Å². The van der Waals surface area contributed by atoms with Crippen LogP contribution in [0.15, 0.2) is 109 Å². The SMILES string of the molecule is CC/C=C\C/C=C\C/C=C\C/C=C\C/C=C\C/C=C\C/C=C\C/C=C\C/C=C\CCCCCC(=O)OC(COC(=O)CCCCCCCCCCCCCCC)COP(=O)(O)OCCN. The number of hydrogen-bond acceptors (Lipinski definition) is 8. The van der Waals surface area contributed by atoms with Crippen molar-refractivity contribution >= 4 is 19.8 Å². The van der Waals surface area contributed by atoms with Gasteiger partial charge in [-0.2, -0.15) is 0 Å². The second kappa shape index (κ2) is 50.1. The molecule has 0 radical (unpaired) electrons. The van der Waals surface area contributed by atoms with Crippen LogP contribution in [0.25, 0.3) is 0 Å². The smallest absolute Gasteiger partial charge is 0.462 e. The Labute approximate surface area is 397 Å². The molecule has 0 fully saturated rings. The highest BCUT2D eigenvalue weighted by Crippen LogP contribution is 2.43. The number of hydrogen-bond donors (Lipinski definition) is 2. The molecule has 0 aromatic carbocycles. The molecule has 0 aromatic rings. The first-order valence-electron chi connectivity index (χ1n) is 25.4. The van der Waals surface area contributed by atoms with Gasteiger partial charge >= 0.3 is 19.8 Å². The summed E-state index contributed by atoms with van der Waals surface area (Å²) in [5.74, 6) is -0.873. The summed E-state index contributed by atoms with van der Waals surface area (Å²) < 4.78 is 32.8. The van der Waals surface area contributed by atoms with Gasteiger partial charge in [0.1, 0.15) is 6.61 Å². The van der Waals surface area contributed by atoms with E-state index in [9.17, 15) is 19.0 Å². The quantitative estimate of drug-likeness (QED) is 0.0265. The summed E-state index contributed by atoms with van der Waals surface area (Å²) in [4.78, 5) is 35.0. The molecule has 0 amide bonds. The fraction of sp³-hybridized carbons (Fsp3) is 0.636. The molecule has 0 rings (SSSR count). The molecule has 370 valence electrons. The summed E-state index contributed by atoms with van der Waals surface area (Å²) in [6.45, 7) is 3.57. The van der Waals surface area contributed by atoms with Gasteiger partial charge in [0, 0.05) is 19.4 Å². The molecule has 9 nitrogen and oxygen atoms in total. The van der Waals surface area contributed by atoms with Crippen molar-refractivity contribution in [2.75, 3.05) is 26.4 Å². The highest BCUT2D eigenvalue weighted by Gasteiger charge is 2.26. The van der Waals surface area contributed by atoms with Crippen LogP contribution in [-0.2, 0) is 32.7 Å². The molecule has 65 heavy (non-hydrogen) atoms. The predicted molar refractivity (Wildman–Crippen MR) is 275 cm³/mol. The van der Waals surface area contributed by atoms with Gasteiger partial charge in [0.25, 0.3) is 0 Å². The molecule has 2 atom stereocenters. The molecule has 0 spiro atoms. The molecule has 0 heterocycles. The van der Waals surface area contributed by atoms with Crippen molar-refractivity contribution in [3.05, 3.63) is 109 Å². The van der Waals surface area contributed by atoms with Crippen molar-refractivity contribution in [3.8, 4) is 0 Å². The number of phosphoric ester groups is 1. The molecule has 0 saturated heterocycles. The van der Waals surface area contributed by atoms with Crippen LogP contribution in [0.2, 0.25) is 0 Å². The summed E-state index contributed by atoms with van der Waals surface area (Å²) in [6, 6.07) is 0. The van der Waals surface area contributed by atoms with Gasteiger partial charge in [-0.25, -0.2) is 4.57 Å². The third-order valence-corrected chi connectivity index (χ3v) is 11.2. The Kier molecular flexibility index (Phi) is 47.5. The number of rotatable bonds is 46. The normalized spacial score (nSPS) is 14.1. The lowest BCUT2D eigenvalue weighted by atomic mass is 10.0. The lowest BCUT2D eigenvalue weighted by Gasteiger charge is -2.19. The monoisotopic (exact) mass is 926 g/mol. The van der Waals surface area contributed by atoms with Gasteiger partial charge in [-0.3, -0.25) is 18.6 Å². The van der Waals surface area contributed by atoms with Crippen LogP contribution in [0, 0.1) is 0 Å². The molecule has 0 bridgehead atoms. The van der Waals surface area contributed by atoms with Gasteiger partial charge in [-0.1, -0.05) is 207 Å². The topological polar surface area (TPSA) is 134 Å². The minimum atomic E-state index is -4.40. The summed E-state index contributed by atoms with van der Waals surface area (Å²) in [6.07, 6.45) is 67.0. The molecular formula is C55H92NO8P. The van der Waals surface area contributed by atoms with E-state index >= 15 is 0 Å². The molecule has 0 saturated carbocycles. The standard InChI is InChI=1S/C55H92NO8P/c1-3-5-7-9-11-13-15-17-18-19-20-21-22-23-24-25-26-27-28-29-30-31-32-33-34-36-38-40-42-44-46-48-55(58)64-53(52-63-65(59,60)62-50-49-56)51-61-54(57)47-45-43-41-39-37-35-16-14-12-10-8-6-4-2/h5,7,11,13,17-18,20-21,23-24,26-27,29-30,32-33,36,38,53H,3-4,6,8-10,12,14-16,19,22,25,28,31,34-35,37,39-52,56H2,1-2H3,(H,59,60)/b7-5-,13-11-,18-17-,21-20-,24-23-,27-26-,30-29-,33-32-,38-36-. The van der Waals surface area contributed by atoms with E-state index in [1.54, 1.807) is 0 Å². The van der Waals surface area contributed by atoms with Crippen molar-refractivity contribution in [3.63, 3.8) is 0 Å². The number of ether oxygens (including phenoxy) is 2. The molecule has 3 N–H and O–H groups in total. The van der Waals surface area contributed by atoms with E-state index in [0.29, 0.717) is 6.42 Å². The molecule has 0 aliphatic rings. The molecule has 2 unspecified atom stereocenters. The van der Waals surface area contributed by atoms with Crippen molar-refractivity contribution in [1.82, 2.24) is 0 Å². The maximum Gasteiger partial charge on any atom is 0.472 e. The second-order valence-electron chi connectivity index (χ2n) is 16.3. The first kappa shape index (κ1) is 61.7. The molecule has 10 heteroatoms. The van der Waals surface area contributed by atoms with Crippen molar-refractivity contribution in [2.45, 2.75) is 200 Å². The Balaban J connectivity index is 4.14. The Hall–Kier alpha value is -3.33. The van der Waals surface area contributed by atoms with Gasteiger partial charge in [0.05, 0.1) is 13.2 Å². The summed E-state index contributed by atoms with van der Waals surface area (Å²) in [5, 5.41) is 0. The molecule has 0 aliphatic heterocycles. The van der Waals surface area contributed by atoms with Crippen LogP contribution in [0.3, 0.4) is 0 Å². The van der Waals surface area contributed by atoms with Gasteiger partial charge in [0.2, 0.25) is 0 Å². The van der Waals surface area contributed by atoms with Crippen LogP contribution in [-0.4, -0.2) is 49.3 Å². The van der Waals surface area contributed by atoms with Gasteiger partial charge in [-0.05, 0) is 83.5 Å². The summed E-state index contributed by atoms with van der Waals surface area (Å²) in [7, 11) is -4.40. The molecule has 0 aromatic heterocycles. The van der Waals surface area contributed by atoms with E-state index in [1.165, 1.54) is 64.2 Å². The highest BCUT2D eigenvalue weighted by atomic mass is 31.2. The summed E-state index contributed by atoms with van der Waals surface area (Å²) in [5.41, 5.74) is 5.36. The van der Waals surface area contributed by atoms with E-state index in [4.69, 9.17) is 24.3 Å². The first-order valence-corrected chi connectivity index (χ1v) is 26.9. The number of carbonyl (C=O) groups excluding carboxylic acids is 2. The Morgan fingerprint density at radius 3 is 1.26 bits per heavy atom. The lowest BCUT2D eigenvalue weighted by molar-refractivity contribution is -0.161. The van der Waals surface area contributed by atoms with Crippen molar-refractivity contribution in [2.24, 2.45) is 5.73 Å². The Morgan fingerprint density at radius 1 is 0.477 bits per heavy atom. The minimum Gasteiger partial charge on any atom is -0.462 e. The maximum absolute atomic E-state index is 12.6. The van der Waals surface area contributed by atoms with Gasteiger partial charge < -0.3 is 20.1 Å². The average Bonchev–Trinajstić information content (AvgIpc) is 3.30. The molecular weight excluding hydrogens is 834 g/mol. The highest BCUT2D eigenvalue weighted by molar-refractivity contribution is 7.47. The van der Waals surface area contributed by atoms with Crippen LogP contribution < -0.4 is 5.73 Å². The molecule has 0 aliphatic carbocycles. The van der Waals surface area contributed by atoms with E-state index in [-0.39, 0.29) is 32.6 Å². The van der Waals surface area contributed by atoms with E-state index in [1.807, 2.05) is 0 Å². The van der Waals surface area contributed by atoms with Gasteiger partial charge in [-0.15, -0.1) is 0 Å². The fourth-order valence-corrected chi connectivity index (χ4v) is 7.22. The van der Waals surface area contributed by atoms with E-state index in [2.05, 4.69) is 123 Å². The van der Waals surface area contributed by atoms with Crippen LogP contribution in [0.4, 0.5) is 0 Å². The zero-order valence-corrected chi connectivity index (χ0v) is 41.8. The fourth-order valence-electron chi connectivity index (χ4n) is 6.45. The number of esters is 2. The predicted octanol–water partition coefficient (Wildman–Crippen LogP) is 15.5. The van der Waals surface area contributed by atoms with Crippen LogP contribution in [0.5, 0.6) is 0 Å². The summed E-state index contributed by atoms with van der Waals surface area (Å²) >= 11 is 0. The van der Waals surface area contributed by atoms with Crippen LogP contribution in [0.1, 0.15) is 194 Å². The number of carbonyl (C=O) groups is 2. The first-order chi connectivity index (χ1) is 31.8. The van der Waals surface area contributed by atoms with E-state index in [0.717, 1.165) is 96.3 Å². The number of unbranched alkanes of at least 4 members (excludes halogenated alkanes) is 15. The lowest BCUT2D eigenvalue weighted by Crippen LogP contribution is -2.29.